The van der Waals surface area contributed by atoms with Gasteiger partial charge in [-0.25, -0.2) is 4.79 Å². The molecule has 1 aromatic carbocycles. The molecule has 0 aliphatic carbocycles. The van der Waals surface area contributed by atoms with E-state index in [0.29, 0.717) is 24.7 Å². The lowest BCUT2D eigenvalue weighted by atomic mass is 9.94. The van der Waals surface area contributed by atoms with Gasteiger partial charge in [0.25, 0.3) is 6.10 Å². The molecule has 0 atom stereocenters. The molecule has 14 heteroatoms. The monoisotopic (exact) mass is 584 g/mol. The number of amides is 2. The Morgan fingerprint density at radius 3 is 2.03 bits per heavy atom. The highest BCUT2D eigenvalue weighted by atomic mass is 35.5. The molecule has 4 rings (SSSR count). The first-order chi connectivity index (χ1) is 18.3. The summed E-state index contributed by atoms with van der Waals surface area (Å²) < 4.78 is 80.3. The Kier molecular flexibility index (Phi) is 9.09. The van der Waals surface area contributed by atoms with E-state index in [2.05, 4.69) is 9.64 Å². The highest BCUT2D eigenvalue weighted by molar-refractivity contribution is 6.30. The number of piperidine rings is 1. The van der Waals surface area contributed by atoms with E-state index < -0.39 is 24.5 Å². The average Bonchev–Trinajstić information content (AvgIpc) is 3.42. The minimum absolute atomic E-state index is 0.00380. The van der Waals surface area contributed by atoms with E-state index in [9.17, 15) is 35.9 Å². The van der Waals surface area contributed by atoms with Gasteiger partial charge >= 0.3 is 18.4 Å². The van der Waals surface area contributed by atoms with Crippen molar-refractivity contribution in [1.29, 1.82) is 0 Å². The van der Waals surface area contributed by atoms with E-state index in [-0.39, 0.29) is 38.0 Å². The lowest BCUT2D eigenvalue weighted by Crippen LogP contribution is -2.52. The van der Waals surface area contributed by atoms with Crippen molar-refractivity contribution in [2.24, 2.45) is 5.92 Å². The number of nitrogens with zero attached hydrogens (tertiary/aromatic N) is 4. The van der Waals surface area contributed by atoms with Gasteiger partial charge in [0.2, 0.25) is 5.91 Å². The second kappa shape index (κ2) is 12.0. The number of carbonyl (C=O) groups is 2. The number of piperazine rings is 1. The summed E-state index contributed by atoms with van der Waals surface area (Å²) in [7, 11) is 0. The van der Waals surface area contributed by atoms with Crippen molar-refractivity contribution in [3.05, 3.63) is 28.8 Å². The Balaban J connectivity index is 1.32. The van der Waals surface area contributed by atoms with Crippen LogP contribution in [0.3, 0.4) is 0 Å². The van der Waals surface area contributed by atoms with E-state index in [4.69, 9.17) is 11.6 Å². The molecule has 2 amide bonds. The molecule has 218 valence electrons. The fourth-order valence-corrected chi connectivity index (χ4v) is 5.52. The number of hydrogen-bond acceptors (Lipinski definition) is 5. The molecule has 1 aromatic rings. The van der Waals surface area contributed by atoms with Crippen molar-refractivity contribution in [1.82, 2.24) is 14.7 Å². The molecular weight excluding hydrogens is 554 g/mol. The third-order valence-electron chi connectivity index (χ3n) is 7.49. The number of ether oxygens (including phenoxy) is 1. The van der Waals surface area contributed by atoms with Crippen molar-refractivity contribution >= 4 is 29.3 Å². The lowest BCUT2D eigenvalue weighted by molar-refractivity contribution is -0.308. The SMILES string of the molecule is O=C(OC(C(F)(F)F)C(F)(F)F)N1CCN(Cc2ccc(Cl)cc2N2CCC(C(=O)N3CCCC3)CC2)CC1. The molecular formula is C25H31ClF6N4O3. The average molecular weight is 585 g/mol. The maximum Gasteiger partial charge on any atom is 0.434 e. The summed E-state index contributed by atoms with van der Waals surface area (Å²) in [6, 6.07) is 5.50. The van der Waals surface area contributed by atoms with Crippen LogP contribution >= 0.6 is 11.6 Å². The molecule has 0 radical (unpaired) electrons. The fraction of sp³-hybridized carbons (Fsp3) is 0.680. The van der Waals surface area contributed by atoms with Gasteiger partial charge in [-0.05, 0) is 43.4 Å². The maximum atomic E-state index is 12.8. The van der Waals surface area contributed by atoms with Gasteiger partial charge < -0.3 is 19.4 Å². The summed E-state index contributed by atoms with van der Waals surface area (Å²) in [6.45, 7) is 3.83. The molecule has 7 nitrogen and oxygen atoms in total. The van der Waals surface area contributed by atoms with Gasteiger partial charge in [-0.3, -0.25) is 9.69 Å². The number of carbonyl (C=O) groups excluding carboxylic acids is 2. The Hall–Kier alpha value is -2.41. The fourth-order valence-electron chi connectivity index (χ4n) is 5.35. The van der Waals surface area contributed by atoms with Gasteiger partial charge in [0, 0.05) is 75.5 Å². The largest absolute Gasteiger partial charge is 0.434 e. The van der Waals surface area contributed by atoms with Gasteiger partial charge in [0.15, 0.2) is 0 Å². The van der Waals surface area contributed by atoms with Crippen LogP contribution in [0.4, 0.5) is 36.8 Å². The zero-order chi connectivity index (χ0) is 28.4. The van der Waals surface area contributed by atoms with Gasteiger partial charge in [-0.1, -0.05) is 17.7 Å². The molecule has 3 aliphatic heterocycles. The van der Waals surface area contributed by atoms with E-state index in [0.717, 1.165) is 54.9 Å². The molecule has 3 fully saturated rings. The predicted octanol–water partition coefficient (Wildman–Crippen LogP) is 4.93. The van der Waals surface area contributed by atoms with Crippen molar-refractivity contribution in [2.45, 2.75) is 50.7 Å². The van der Waals surface area contributed by atoms with E-state index in [1.165, 1.54) is 0 Å². The van der Waals surface area contributed by atoms with Crippen LogP contribution < -0.4 is 4.90 Å². The first-order valence-corrected chi connectivity index (χ1v) is 13.3. The van der Waals surface area contributed by atoms with Crippen LogP contribution in [0.2, 0.25) is 5.02 Å². The highest BCUT2D eigenvalue weighted by Crippen LogP contribution is 2.36. The maximum absolute atomic E-state index is 12.8. The number of alkyl halides is 6. The molecule has 0 unspecified atom stereocenters. The topological polar surface area (TPSA) is 56.3 Å². The highest BCUT2D eigenvalue weighted by Gasteiger charge is 2.60. The second-order valence-electron chi connectivity index (χ2n) is 10.2. The molecule has 3 aliphatic rings. The summed E-state index contributed by atoms with van der Waals surface area (Å²) in [4.78, 5) is 31.8. The minimum Gasteiger partial charge on any atom is -0.426 e. The summed E-state index contributed by atoms with van der Waals surface area (Å²) in [5, 5.41) is 0.556. The van der Waals surface area contributed by atoms with Crippen molar-refractivity contribution in [3.63, 3.8) is 0 Å². The molecule has 0 N–H and O–H groups in total. The van der Waals surface area contributed by atoms with Crippen molar-refractivity contribution in [3.8, 4) is 0 Å². The molecule has 0 spiro atoms. The Morgan fingerprint density at radius 1 is 0.872 bits per heavy atom. The van der Waals surface area contributed by atoms with Crippen LogP contribution in [0.1, 0.15) is 31.2 Å². The zero-order valence-electron chi connectivity index (χ0n) is 21.2. The van der Waals surface area contributed by atoms with Gasteiger partial charge in [-0.2, -0.15) is 26.3 Å². The van der Waals surface area contributed by atoms with Crippen LogP contribution in [0.15, 0.2) is 18.2 Å². The summed E-state index contributed by atoms with van der Waals surface area (Å²) in [5.74, 6) is 0.232. The quantitative estimate of drug-likeness (QED) is 0.460. The van der Waals surface area contributed by atoms with Gasteiger partial charge in [0.05, 0.1) is 0 Å². The van der Waals surface area contributed by atoms with E-state index >= 15 is 0 Å². The summed E-state index contributed by atoms with van der Waals surface area (Å²) in [5.41, 5.74) is 1.88. The van der Waals surface area contributed by atoms with Crippen LogP contribution in [0, 0.1) is 5.92 Å². The Labute approximate surface area is 227 Å². The smallest absolute Gasteiger partial charge is 0.426 e. The molecule has 3 heterocycles. The van der Waals surface area contributed by atoms with Crippen LogP contribution in [0.5, 0.6) is 0 Å². The van der Waals surface area contributed by atoms with E-state index in [1.807, 2.05) is 21.9 Å². The standard InChI is InChI=1S/C25H31ClF6N4O3/c26-19-4-3-18(20(15-19)34-9-5-17(6-10-34)21(37)35-7-1-2-8-35)16-33-11-13-36(14-12-33)23(38)39-22(24(27,28)29)25(30,31)32/h3-4,15,17,22H,1-2,5-14,16H2. The lowest BCUT2D eigenvalue weighted by Gasteiger charge is -2.38. The third kappa shape index (κ3) is 7.41. The first-order valence-electron chi connectivity index (χ1n) is 13.0. The number of benzene rings is 1. The summed E-state index contributed by atoms with van der Waals surface area (Å²) in [6.07, 6.45) is -13.7. The predicted molar refractivity (Wildman–Crippen MR) is 131 cm³/mol. The number of anilines is 1. The number of likely N-dealkylation sites (tertiary alicyclic amines) is 1. The van der Waals surface area contributed by atoms with Crippen molar-refractivity contribution < 1.29 is 40.7 Å². The van der Waals surface area contributed by atoms with E-state index in [1.54, 1.807) is 6.07 Å². The number of halogens is 7. The summed E-state index contributed by atoms with van der Waals surface area (Å²) >= 11 is 6.28. The molecule has 0 bridgehead atoms. The first kappa shape index (κ1) is 29.6. The van der Waals surface area contributed by atoms with Crippen LogP contribution in [-0.2, 0) is 16.1 Å². The third-order valence-corrected chi connectivity index (χ3v) is 7.72. The zero-order valence-corrected chi connectivity index (χ0v) is 22.0. The normalized spacial score (nSPS) is 20.2. The molecule has 39 heavy (non-hydrogen) atoms. The van der Waals surface area contributed by atoms with Gasteiger partial charge in [-0.15, -0.1) is 0 Å². The number of hydrogen-bond donors (Lipinski definition) is 0. The molecule has 0 aromatic heterocycles. The van der Waals surface area contributed by atoms with Crippen LogP contribution in [-0.4, -0.2) is 97.5 Å². The minimum atomic E-state index is -5.75. The van der Waals surface area contributed by atoms with Crippen LogP contribution in [0.25, 0.3) is 0 Å². The Morgan fingerprint density at radius 2 is 1.46 bits per heavy atom. The van der Waals surface area contributed by atoms with Gasteiger partial charge in [0.1, 0.15) is 0 Å². The van der Waals surface area contributed by atoms with Crippen molar-refractivity contribution in [2.75, 3.05) is 57.3 Å². The molecule has 0 saturated carbocycles. The Bertz CT molecular complexity index is 1000. The molecule has 3 saturated heterocycles. The number of rotatable bonds is 5. The second-order valence-corrected chi connectivity index (χ2v) is 10.6.